The van der Waals surface area contributed by atoms with Crippen molar-refractivity contribution in [2.24, 2.45) is 10.2 Å². The van der Waals surface area contributed by atoms with E-state index in [2.05, 4.69) is 21.1 Å². The maximum atomic E-state index is 11.9. The van der Waals surface area contributed by atoms with Crippen molar-refractivity contribution >= 4 is 24.2 Å². The van der Waals surface area contributed by atoms with Gasteiger partial charge < -0.3 is 0 Å². The number of hydrogen-bond acceptors (Lipinski definition) is 4. The smallest absolute Gasteiger partial charge is 0.240 e. The van der Waals surface area contributed by atoms with Crippen LogP contribution >= 0.6 is 0 Å². The van der Waals surface area contributed by atoms with E-state index in [-0.39, 0.29) is 23.7 Å². The van der Waals surface area contributed by atoms with Gasteiger partial charge in [0.05, 0.1) is 0 Å². The molecule has 0 aliphatic rings. The van der Waals surface area contributed by atoms with Crippen LogP contribution in [0.1, 0.15) is 75.3 Å². The molecule has 2 N–H and O–H groups in total. The van der Waals surface area contributed by atoms with E-state index in [4.69, 9.17) is 0 Å². The Balaban J connectivity index is 1.49. The molecule has 0 aromatic heterocycles. The van der Waals surface area contributed by atoms with Crippen LogP contribution in [-0.4, -0.2) is 24.2 Å². The molecule has 2 aromatic carbocycles. The average Bonchev–Trinajstić information content (AvgIpc) is 2.82. The molecule has 2 atom stereocenters. The van der Waals surface area contributed by atoms with Gasteiger partial charge in [0.15, 0.2) is 0 Å². The zero-order chi connectivity index (χ0) is 23.0. The molecule has 0 aliphatic carbocycles. The summed E-state index contributed by atoms with van der Waals surface area (Å²) in [5, 5.41) is 8.11. The van der Waals surface area contributed by atoms with E-state index in [0.29, 0.717) is 12.8 Å². The van der Waals surface area contributed by atoms with Crippen molar-refractivity contribution in [1.29, 1.82) is 0 Å². The summed E-state index contributed by atoms with van der Waals surface area (Å²) in [4.78, 5) is 23.7. The molecule has 6 heteroatoms. The first-order chi connectivity index (χ1) is 15.6. The molecular formula is C26H34N4O2. The maximum Gasteiger partial charge on any atom is 0.240 e. The van der Waals surface area contributed by atoms with Crippen LogP contribution in [0.25, 0.3) is 0 Å². The van der Waals surface area contributed by atoms with E-state index in [1.54, 1.807) is 12.4 Å². The third-order valence-electron chi connectivity index (χ3n) is 5.18. The minimum Gasteiger partial charge on any atom is -0.273 e. The van der Waals surface area contributed by atoms with Crippen molar-refractivity contribution in [1.82, 2.24) is 10.9 Å². The van der Waals surface area contributed by atoms with Crippen molar-refractivity contribution in [3.63, 3.8) is 0 Å². The first-order valence-electron chi connectivity index (χ1n) is 11.3. The highest BCUT2D eigenvalue weighted by Crippen LogP contribution is 2.12. The summed E-state index contributed by atoms with van der Waals surface area (Å²) < 4.78 is 0. The Morgan fingerprint density at radius 1 is 0.688 bits per heavy atom. The molecule has 32 heavy (non-hydrogen) atoms. The number of carbonyl (C=O) groups excluding carboxylic acids is 2. The number of rotatable bonds is 13. The second-order valence-corrected chi connectivity index (χ2v) is 7.94. The van der Waals surface area contributed by atoms with Crippen molar-refractivity contribution < 1.29 is 9.59 Å². The number of nitrogens with zero attached hydrogens (tertiary/aromatic N) is 2. The van der Waals surface area contributed by atoms with Gasteiger partial charge in [-0.05, 0) is 24.0 Å². The van der Waals surface area contributed by atoms with Crippen molar-refractivity contribution in [2.75, 3.05) is 0 Å². The van der Waals surface area contributed by atoms with Crippen molar-refractivity contribution in [3.8, 4) is 0 Å². The molecule has 0 bridgehead atoms. The largest absolute Gasteiger partial charge is 0.273 e. The molecule has 0 aliphatic heterocycles. The maximum absolute atomic E-state index is 11.9. The van der Waals surface area contributed by atoms with Gasteiger partial charge >= 0.3 is 0 Å². The monoisotopic (exact) mass is 434 g/mol. The van der Waals surface area contributed by atoms with Gasteiger partial charge in [-0.15, -0.1) is 0 Å². The van der Waals surface area contributed by atoms with Gasteiger partial charge in [-0.25, -0.2) is 10.9 Å². The third-order valence-corrected chi connectivity index (χ3v) is 5.18. The second kappa shape index (κ2) is 14.7. The van der Waals surface area contributed by atoms with E-state index in [1.165, 1.54) is 0 Å². The Kier molecular flexibility index (Phi) is 11.5. The van der Waals surface area contributed by atoms with Gasteiger partial charge in [-0.1, -0.05) is 87.4 Å². The fraction of sp³-hybridized carbons (Fsp3) is 0.385. The van der Waals surface area contributed by atoms with Crippen LogP contribution in [0.2, 0.25) is 0 Å². The molecule has 2 aromatic rings. The molecule has 2 unspecified atom stereocenters. The Labute approximate surface area is 191 Å². The summed E-state index contributed by atoms with van der Waals surface area (Å²) in [5.41, 5.74) is 7.49. The topological polar surface area (TPSA) is 82.9 Å². The predicted molar refractivity (Wildman–Crippen MR) is 131 cm³/mol. The summed E-state index contributed by atoms with van der Waals surface area (Å²) in [7, 11) is 0. The van der Waals surface area contributed by atoms with Gasteiger partial charge in [0.2, 0.25) is 11.8 Å². The lowest BCUT2D eigenvalue weighted by molar-refractivity contribution is -0.122. The summed E-state index contributed by atoms with van der Waals surface area (Å²) >= 11 is 0. The van der Waals surface area contributed by atoms with Crippen LogP contribution < -0.4 is 10.9 Å². The van der Waals surface area contributed by atoms with Gasteiger partial charge in [0.1, 0.15) is 0 Å². The van der Waals surface area contributed by atoms with Gasteiger partial charge in [0, 0.05) is 37.1 Å². The van der Waals surface area contributed by atoms with Gasteiger partial charge in [-0.3, -0.25) is 9.59 Å². The molecule has 0 fully saturated rings. The van der Waals surface area contributed by atoms with E-state index in [9.17, 15) is 9.59 Å². The van der Waals surface area contributed by atoms with E-state index in [1.807, 2.05) is 74.5 Å². The Morgan fingerprint density at radius 2 is 1.06 bits per heavy atom. The lowest BCUT2D eigenvalue weighted by Crippen LogP contribution is -2.18. The van der Waals surface area contributed by atoms with E-state index in [0.717, 1.165) is 36.8 Å². The Bertz CT molecular complexity index is 792. The predicted octanol–water partition coefficient (Wildman–Crippen LogP) is 5.14. The summed E-state index contributed by atoms with van der Waals surface area (Å²) in [5.74, 6) is 0.129. The Hall–Kier alpha value is -3.28. The molecular weight excluding hydrogens is 400 g/mol. The van der Waals surface area contributed by atoms with E-state index >= 15 is 0 Å². The standard InChI is InChI=1S/C26H34N4O2/c1-21(23-13-7-5-8-14-23)19-27-29-25(31)17-11-3-4-12-18-26(32)30-28-20-22(2)24-15-9-6-10-16-24/h5-10,13-16,19-22H,3-4,11-12,17-18H2,1-2H3,(H,29,31)(H,30,32)/b27-19+,28-20+. The minimum absolute atomic E-state index is 0.0823. The number of hydrazone groups is 2. The molecule has 0 saturated heterocycles. The highest BCUT2D eigenvalue weighted by molar-refractivity contribution is 5.78. The van der Waals surface area contributed by atoms with Crippen LogP contribution in [-0.2, 0) is 9.59 Å². The van der Waals surface area contributed by atoms with Crippen LogP contribution in [0.15, 0.2) is 70.9 Å². The molecule has 0 spiro atoms. The van der Waals surface area contributed by atoms with E-state index < -0.39 is 0 Å². The number of nitrogens with one attached hydrogen (secondary N) is 2. The molecule has 2 rings (SSSR count). The van der Waals surface area contributed by atoms with Crippen LogP contribution in [0.3, 0.4) is 0 Å². The molecule has 0 saturated carbocycles. The fourth-order valence-electron chi connectivity index (χ4n) is 3.16. The normalized spacial score (nSPS) is 13.2. The summed E-state index contributed by atoms with van der Waals surface area (Å²) in [6.07, 6.45) is 7.73. The highest BCUT2D eigenvalue weighted by atomic mass is 16.2. The average molecular weight is 435 g/mol. The third kappa shape index (κ3) is 10.2. The zero-order valence-electron chi connectivity index (χ0n) is 19.0. The summed E-state index contributed by atoms with van der Waals surface area (Å²) in [6.45, 7) is 4.08. The van der Waals surface area contributed by atoms with Gasteiger partial charge in [-0.2, -0.15) is 10.2 Å². The van der Waals surface area contributed by atoms with Crippen LogP contribution in [0.5, 0.6) is 0 Å². The van der Waals surface area contributed by atoms with Crippen molar-refractivity contribution in [2.45, 2.75) is 64.2 Å². The number of hydrogen-bond donors (Lipinski definition) is 2. The molecule has 2 amide bonds. The minimum atomic E-state index is -0.0823. The first kappa shape index (κ1) is 25.0. The quantitative estimate of drug-likeness (QED) is 0.260. The van der Waals surface area contributed by atoms with Crippen LogP contribution in [0.4, 0.5) is 0 Å². The SMILES string of the molecule is CC(/C=N/NC(=O)CCCCCCC(=O)N/N=C/C(C)c1ccccc1)c1ccccc1. The molecule has 6 nitrogen and oxygen atoms in total. The lowest BCUT2D eigenvalue weighted by Gasteiger charge is -2.06. The van der Waals surface area contributed by atoms with Crippen LogP contribution in [0, 0.1) is 0 Å². The number of benzene rings is 2. The fourth-order valence-corrected chi connectivity index (χ4v) is 3.16. The first-order valence-corrected chi connectivity index (χ1v) is 11.3. The highest BCUT2D eigenvalue weighted by Gasteiger charge is 2.04. The summed E-state index contributed by atoms with van der Waals surface area (Å²) in [6, 6.07) is 20.1. The number of unbranched alkanes of at least 4 members (excludes halogenated alkanes) is 3. The molecule has 0 heterocycles. The lowest BCUT2D eigenvalue weighted by atomic mass is 10.0. The number of amides is 2. The number of carbonyl (C=O) groups is 2. The van der Waals surface area contributed by atoms with Crippen molar-refractivity contribution in [3.05, 3.63) is 71.8 Å². The zero-order valence-corrected chi connectivity index (χ0v) is 19.0. The van der Waals surface area contributed by atoms with Gasteiger partial charge in [0.25, 0.3) is 0 Å². The Morgan fingerprint density at radius 3 is 1.44 bits per heavy atom. The second-order valence-electron chi connectivity index (χ2n) is 7.94. The molecule has 0 radical (unpaired) electrons. The molecule has 170 valence electrons.